The number of azide groups is 1. The van der Waals surface area contributed by atoms with Crippen molar-refractivity contribution < 1.29 is 19.1 Å². The lowest BCUT2D eigenvalue weighted by molar-refractivity contribution is -0.155. The van der Waals surface area contributed by atoms with Crippen molar-refractivity contribution in [1.82, 2.24) is 4.90 Å². The highest BCUT2D eigenvalue weighted by Crippen LogP contribution is 2.40. The Bertz CT molecular complexity index is 731. The summed E-state index contributed by atoms with van der Waals surface area (Å²) in [6, 6.07) is 6.73. The van der Waals surface area contributed by atoms with E-state index in [9.17, 15) is 9.59 Å². The van der Waals surface area contributed by atoms with Gasteiger partial charge in [0, 0.05) is 34.8 Å². The topological polar surface area (TPSA) is 117 Å². The van der Waals surface area contributed by atoms with E-state index < -0.39 is 18.1 Å². The fourth-order valence-electron chi connectivity index (χ4n) is 3.93. The molecule has 2 saturated heterocycles. The summed E-state index contributed by atoms with van der Waals surface area (Å²) in [5.41, 5.74) is 9.36. The van der Waals surface area contributed by atoms with E-state index in [-0.39, 0.29) is 12.0 Å². The van der Waals surface area contributed by atoms with Crippen molar-refractivity contribution in [3.63, 3.8) is 0 Å². The maximum atomic E-state index is 12.3. The summed E-state index contributed by atoms with van der Waals surface area (Å²) in [6.45, 7) is 0. The minimum atomic E-state index is -0.621. The van der Waals surface area contributed by atoms with Crippen LogP contribution in [0.5, 0.6) is 0 Å². The van der Waals surface area contributed by atoms with Gasteiger partial charge in [-0.3, -0.25) is 15.0 Å². The summed E-state index contributed by atoms with van der Waals surface area (Å²) >= 11 is 0. The van der Waals surface area contributed by atoms with Gasteiger partial charge in [-0.1, -0.05) is 17.2 Å². The van der Waals surface area contributed by atoms with E-state index in [0.29, 0.717) is 23.8 Å². The van der Waals surface area contributed by atoms with Crippen LogP contribution in [0.2, 0.25) is 0 Å². The number of hydrogen-bond donors (Lipinski definition) is 1. The molecule has 2 bridgehead atoms. The van der Waals surface area contributed by atoms with Crippen molar-refractivity contribution in [3.05, 3.63) is 34.7 Å². The number of fused-ring (bicyclic) bond motifs is 2. The lowest BCUT2D eigenvalue weighted by atomic mass is 9.87. The molecule has 2 fully saturated rings. The van der Waals surface area contributed by atoms with Gasteiger partial charge in [-0.05, 0) is 37.6 Å². The van der Waals surface area contributed by atoms with Crippen LogP contribution >= 0.6 is 0 Å². The van der Waals surface area contributed by atoms with Crippen molar-refractivity contribution in [2.75, 3.05) is 19.5 Å². The van der Waals surface area contributed by atoms with Crippen LogP contribution in [0.15, 0.2) is 29.4 Å². The Morgan fingerprint density at radius 3 is 2.69 bits per heavy atom. The molecule has 9 nitrogen and oxygen atoms in total. The normalized spacial score (nSPS) is 27.3. The number of nitrogens with zero attached hydrogens (tertiary/aromatic N) is 4. The smallest absolute Gasteiger partial charge is 0.411 e. The molecule has 2 heterocycles. The number of amides is 1. The molecule has 3 rings (SSSR count). The van der Waals surface area contributed by atoms with Crippen LogP contribution in [0.4, 0.5) is 16.2 Å². The van der Waals surface area contributed by atoms with Gasteiger partial charge >= 0.3 is 12.1 Å². The monoisotopic (exact) mass is 359 g/mol. The number of anilines is 1. The number of esters is 1. The molecule has 0 unspecified atom stereocenters. The molecule has 138 valence electrons. The molecular weight excluding hydrogens is 338 g/mol. The largest absolute Gasteiger partial charge is 0.469 e. The Morgan fingerprint density at radius 1 is 1.31 bits per heavy atom. The molecule has 1 aromatic carbocycles. The number of carbonyl (C=O) groups is 2. The number of methoxy groups -OCH3 is 1. The Hall–Kier alpha value is -2.77. The highest BCUT2D eigenvalue weighted by molar-refractivity contribution is 5.85. The second-order valence-electron chi connectivity index (χ2n) is 6.55. The highest BCUT2D eigenvalue weighted by Gasteiger charge is 2.50. The third-order valence-corrected chi connectivity index (χ3v) is 5.22. The van der Waals surface area contributed by atoms with Gasteiger partial charge < -0.3 is 9.47 Å². The average molecular weight is 359 g/mol. The Kier molecular flexibility index (Phi) is 5.29. The molecule has 4 atom stereocenters. The predicted molar refractivity (Wildman–Crippen MR) is 93.8 cm³/mol. The summed E-state index contributed by atoms with van der Waals surface area (Å²) in [7, 11) is 3.35. The van der Waals surface area contributed by atoms with Gasteiger partial charge in [-0.15, -0.1) is 0 Å². The van der Waals surface area contributed by atoms with E-state index in [1.807, 2.05) is 7.05 Å². The highest BCUT2D eigenvalue weighted by atomic mass is 16.6. The lowest BCUT2D eigenvalue weighted by Crippen LogP contribution is -2.53. The van der Waals surface area contributed by atoms with Gasteiger partial charge in [-0.2, -0.15) is 0 Å². The zero-order valence-corrected chi connectivity index (χ0v) is 14.7. The number of piperidine rings is 1. The molecule has 0 spiro atoms. The minimum Gasteiger partial charge on any atom is -0.469 e. The molecule has 0 aromatic heterocycles. The number of nitrogens with one attached hydrogen (secondary N) is 1. The molecule has 0 saturated carbocycles. The Labute approximate surface area is 150 Å². The molecule has 0 radical (unpaired) electrons. The maximum absolute atomic E-state index is 12.3. The van der Waals surface area contributed by atoms with Gasteiger partial charge in [0.15, 0.2) is 0 Å². The van der Waals surface area contributed by atoms with Crippen LogP contribution < -0.4 is 5.32 Å². The lowest BCUT2D eigenvalue weighted by Gasteiger charge is -2.40. The van der Waals surface area contributed by atoms with Gasteiger partial charge in [0.2, 0.25) is 0 Å². The second-order valence-corrected chi connectivity index (χ2v) is 6.55. The van der Waals surface area contributed by atoms with E-state index >= 15 is 0 Å². The molecule has 1 amide bonds. The van der Waals surface area contributed by atoms with E-state index in [0.717, 1.165) is 12.8 Å². The fourth-order valence-corrected chi connectivity index (χ4v) is 3.93. The number of hydrogen-bond acceptors (Lipinski definition) is 6. The summed E-state index contributed by atoms with van der Waals surface area (Å²) in [6.07, 6.45) is 1.35. The standard InChI is InChI=1S/C17H21N5O4/c1-22-12-7-8-13(22)15(16(23)25-2)14(9-12)26-17(24)19-10-3-5-11(6-4-10)20-21-18/h3-6,12-15H,7-9H2,1-2H3,(H,19,24)/t12-,13+,14-,15+/m0/s1. The molecule has 1 aromatic rings. The molecular formula is C17H21N5O4. The molecule has 2 aliphatic rings. The van der Waals surface area contributed by atoms with Crippen molar-refractivity contribution >= 4 is 23.4 Å². The first-order valence-electron chi connectivity index (χ1n) is 8.46. The second kappa shape index (κ2) is 7.63. The Balaban J connectivity index is 1.67. The van der Waals surface area contributed by atoms with Gasteiger partial charge in [-0.25, -0.2) is 4.79 Å². The third kappa shape index (κ3) is 3.58. The summed E-state index contributed by atoms with van der Waals surface area (Å²) in [4.78, 5) is 29.4. The van der Waals surface area contributed by atoms with Crippen LogP contribution in [-0.2, 0) is 14.3 Å². The predicted octanol–water partition coefficient (Wildman–Crippen LogP) is 3.20. The van der Waals surface area contributed by atoms with E-state index in [1.165, 1.54) is 7.11 Å². The maximum Gasteiger partial charge on any atom is 0.411 e. The molecule has 26 heavy (non-hydrogen) atoms. The van der Waals surface area contributed by atoms with Crippen LogP contribution in [0.3, 0.4) is 0 Å². The van der Waals surface area contributed by atoms with Crippen LogP contribution in [0.1, 0.15) is 19.3 Å². The van der Waals surface area contributed by atoms with Crippen molar-refractivity contribution in [3.8, 4) is 0 Å². The molecule has 0 aliphatic carbocycles. The van der Waals surface area contributed by atoms with Crippen LogP contribution in [0, 0.1) is 5.92 Å². The first-order chi connectivity index (χ1) is 12.5. The first kappa shape index (κ1) is 18.0. The summed E-state index contributed by atoms with van der Waals surface area (Å²) in [5.74, 6) is -0.833. The van der Waals surface area contributed by atoms with Crippen molar-refractivity contribution in [1.29, 1.82) is 0 Å². The Morgan fingerprint density at radius 2 is 2.04 bits per heavy atom. The zero-order chi connectivity index (χ0) is 18.7. The number of ether oxygens (including phenoxy) is 2. The molecule has 1 N–H and O–H groups in total. The van der Waals surface area contributed by atoms with Crippen LogP contribution in [-0.4, -0.2) is 49.3 Å². The fraction of sp³-hybridized carbons (Fsp3) is 0.529. The average Bonchev–Trinajstić information content (AvgIpc) is 2.87. The minimum absolute atomic E-state index is 0.0297. The SMILES string of the molecule is COC(=O)[C@H]1[C@@H](OC(=O)Nc2ccc(N=[N+]=[N-])cc2)C[C@@H]2CC[C@H]1N2C. The van der Waals surface area contributed by atoms with E-state index in [2.05, 4.69) is 20.2 Å². The number of benzene rings is 1. The van der Waals surface area contributed by atoms with Gasteiger partial charge in [0.25, 0.3) is 0 Å². The number of carbonyl (C=O) groups excluding carboxylic acids is 2. The van der Waals surface area contributed by atoms with E-state index in [4.69, 9.17) is 15.0 Å². The molecule has 9 heteroatoms. The van der Waals surface area contributed by atoms with Crippen LogP contribution in [0.25, 0.3) is 10.4 Å². The zero-order valence-electron chi connectivity index (χ0n) is 14.7. The van der Waals surface area contributed by atoms with Crippen molar-refractivity contribution in [2.24, 2.45) is 11.0 Å². The van der Waals surface area contributed by atoms with Gasteiger partial charge in [0.1, 0.15) is 12.0 Å². The molecule has 2 aliphatic heterocycles. The first-order valence-corrected chi connectivity index (χ1v) is 8.46. The van der Waals surface area contributed by atoms with E-state index in [1.54, 1.807) is 24.3 Å². The van der Waals surface area contributed by atoms with Gasteiger partial charge in [0.05, 0.1) is 7.11 Å². The third-order valence-electron chi connectivity index (χ3n) is 5.22. The van der Waals surface area contributed by atoms with Crippen molar-refractivity contribution in [2.45, 2.75) is 37.5 Å². The quantitative estimate of drug-likeness (QED) is 0.383. The summed E-state index contributed by atoms with van der Waals surface area (Å²) < 4.78 is 10.5. The number of rotatable bonds is 4. The summed E-state index contributed by atoms with van der Waals surface area (Å²) in [5, 5.41) is 6.11.